The quantitative estimate of drug-likeness (QED) is 0.223. The molecule has 0 heterocycles. The molecule has 0 atom stereocenters. The van der Waals surface area contributed by atoms with Gasteiger partial charge in [0.1, 0.15) is 5.75 Å². The largest absolute Gasteiger partial charge is 0.497 e. The van der Waals surface area contributed by atoms with Crippen molar-refractivity contribution in [2.45, 2.75) is 20.3 Å². The van der Waals surface area contributed by atoms with Gasteiger partial charge in [0.2, 0.25) is 5.91 Å². The second-order valence-corrected chi connectivity index (χ2v) is 7.74. The summed E-state index contributed by atoms with van der Waals surface area (Å²) in [5.74, 6) is 0.264. The van der Waals surface area contributed by atoms with E-state index in [0.29, 0.717) is 39.5 Å². The Labute approximate surface area is 212 Å². The summed E-state index contributed by atoms with van der Waals surface area (Å²) in [6.07, 6.45) is 1.49. The summed E-state index contributed by atoms with van der Waals surface area (Å²) in [7, 11) is 1.55. The number of ether oxygens (including phenoxy) is 4. The van der Waals surface area contributed by atoms with Gasteiger partial charge in [-0.15, -0.1) is 0 Å². The Balaban J connectivity index is 1.87. The van der Waals surface area contributed by atoms with Crippen LogP contribution in [0.2, 0.25) is 0 Å². The Morgan fingerprint density at radius 2 is 1.80 bits per heavy atom. The van der Waals surface area contributed by atoms with Crippen LogP contribution in [-0.2, 0) is 14.3 Å². The molecule has 0 fully saturated rings. The second-order valence-electron chi connectivity index (χ2n) is 6.88. The molecule has 2 amide bonds. The van der Waals surface area contributed by atoms with Crippen LogP contribution >= 0.6 is 15.9 Å². The molecule has 0 aliphatic heterocycles. The van der Waals surface area contributed by atoms with Gasteiger partial charge in [0.25, 0.3) is 5.91 Å². The first-order valence-electron chi connectivity index (χ1n) is 10.9. The van der Waals surface area contributed by atoms with Gasteiger partial charge < -0.3 is 24.3 Å². The van der Waals surface area contributed by atoms with Gasteiger partial charge in [-0.25, -0.2) is 10.2 Å². The molecule has 35 heavy (non-hydrogen) atoms. The van der Waals surface area contributed by atoms with Gasteiger partial charge >= 0.3 is 5.97 Å². The summed E-state index contributed by atoms with van der Waals surface area (Å²) < 4.78 is 21.6. The van der Waals surface area contributed by atoms with E-state index in [1.54, 1.807) is 50.4 Å². The molecule has 0 unspecified atom stereocenters. The Morgan fingerprint density at radius 1 is 1.06 bits per heavy atom. The first kappa shape index (κ1) is 27.6. The van der Waals surface area contributed by atoms with Crippen molar-refractivity contribution in [3.05, 3.63) is 52.0 Å². The Hall–Kier alpha value is -3.60. The number of halogens is 1. The number of carbonyl (C=O) groups excluding carboxylic acids is 3. The average Bonchev–Trinajstić information content (AvgIpc) is 2.84. The van der Waals surface area contributed by atoms with E-state index in [1.807, 2.05) is 6.92 Å². The van der Waals surface area contributed by atoms with Crippen molar-refractivity contribution >= 4 is 39.9 Å². The van der Waals surface area contributed by atoms with Crippen molar-refractivity contribution in [1.29, 1.82) is 0 Å². The highest BCUT2D eigenvalue weighted by Crippen LogP contribution is 2.36. The Bertz CT molecular complexity index is 1040. The number of hydrazone groups is 1. The van der Waals surface area contributed by atoms with Crippen molar-refractivity contribution < 1.29 is 33.3 Å². The Morgan fingerprint density at radius 3 is 2.46 bits per heavy atom. The zero-order valence-electron chi connectivity index (χ0n) is 19.8. The minimum Gasteiger partial charge on any atom is -0.497 e. The first-order chi connectivity index (χ1) is 16.9. The number of methoxy groups -OCH3 is 1. The lowest BCUT2D eigenvalue weighted by molar-refractivity contribution is -0.145. The fraction of sp³-hybridized carbons (Fsp3) is 0.333. The van der Waals surface area contributed by atoms with Crippen LogP contribution in [0, 0.1) is 0 Å². The monoisotopic (exact) mass is 549 g/mol. The normalized spacial score (nSPS) is 10.5. The number of hydrogen-bond acceptors (Lipinski definition) is 8. The molecule has 0 radical (unpaired) electrons. The van der Waals surface area contributed by atoms with E-state index in [2.05, 4.69) is 31.8 Å². The molecule has 2 N–H and O–H groups in total. The SMILES string of the molecule is CCOC(=O)COc1c(Br)cc(C=NNC(=O)CCNC(=O)c2ccc(OC)cc2)cc1OCC. The van der Waals surface area contributed by atoms with Gasteiger partial charge in [0, 0.05) is 18.5 Å². The van der Waals surface area contributed by atoms with E-state index in [-0.39, 0.29) is 38.0 Å². The summed E-state index contributed by atoms with van der Waals surface area (Å²) in [5.41, 5.74) is 3.50. The van der Waals surface area contributed by atoms with Crippen molar-refractivity contribution in [2.75, 3.05) is 33.5 Å². The highest BCUT2D eigenvalue weighted by atomic mass is 79.9. The van der Waals surface area contributed by atoms with E-state index in [1.165, 1.54) is 6.21 Å². The van der Waals surface area contributed by atoms with Crippen LogP contribution < -0.4 is 25.0 Å². The number of benzene rings is 2. The summed E-state index contributed by atoms with van der Waals surface area (Å²) in [6.45, 7) is 4.06. The summed E-state index contributed by atoms with van der Waals surface area (Å²) in [5, 5.41) is 6.62. The molecule has 0 aliphatic rings. The van der Waals surface area contributed by atoms with Crippen molar-refractivity contribution in [3.63, 3.8) is 0 Å². The van der Waals surface area contributed by atoms with Crippen LogP contribution in [-0.4, -0.2) is 57.5 Å². The van der Waals surface area contributed by atoms with Gasteiger partial charge in [-0.3, -0.25) is 9.59 Å². The highest BCUT2D eigenvalue weighted by molar-refractivity contribution is 9.10. The van der Waals surface area contributed by atoms with E-state index < -0.39 is 5.97 Å². The maximum absolute atomic E-state index is 12.1. The van der Waals surface area contributed by atoms with Crippen molar-refractivity contribution in [3.8, 4) is 17.2 Å². The number of rotatable bonds is 13. The van der Waals surface area contributed by atoms with Crippen LogP contribution in [0.15, 0.2) is 46.0 Å². The first-order valence-corrected chi connectivity index (χ1v) is 11.7. The number of amides is 2. The number of carbonyl (C=O) groups is 3. The summed E-state index contributed by atoms with van der Waals surface area (Å²) in [4.78, 5) is 35.7. The molecule has 0 spiro atoms. The number of esters is 1. The molecular formula is C24H28BrN3O7. The van der Waals surface area contributed by atoms with E-state index in [0.717, 1.165) is 0 Å². The van der Waals surface area contributed by atoms with Gasteiger partial charge in [-0.2, -0.15) is 5.10 Å². The lowest BCUT2D eigenvalue weighted by Gasteiger charge is -2.14. The predicted molar refractivity (Wildman–Crippen MR) is 133 cm³/mol. The zero-order valence-corrected chi connectivity index (χ0v) is 21.3. The zero-order chi connectivity index (χ0) is 25.6. The maximum atomic E-state index is 12.1. The van der Waals surface area contributed by atoms with Gasteiger partial charge in [-0.05, 0) is 71.7 Å². The van der Waals surface area contributed by atoms with Crippen LogP contribution in [0.25, 0.3) is 0 Å². The minimum atomic E-state index is -0.490. The van der Waals surface area contributed by atoms with Gasteiger partial charge in [-0.1, -0.05) is 0 Å². The van der Waals surface area contributed by atoms with Crippen molar-refractivity contribution in [1.82, 2.24) is 10.7 Å². The molecule has 0 aliphatic carbocycles. The molecule has 2 aromatic rings. The third-order valence-corrected chi connectivity index (χ3v) is 4.95. The molecule has 2 rings (SSSR count). The fourth-order valence-corrected chi connectivity index (χ4v) is 3.34. The topological polar surface area (TPSA) is 125 Å². The molecule has 0 aromatic heterocycles. The fourth-order valence-electron chi connectivity index (χ4n) is 2.77. The van der Waals surface area contributed by atoms with Crippen LogP contribution in [0.5, 0.6) is 17.2 Å². The molecule has 0 saturated heterocycles. The third-order valence-electron chi connectivity index (χ3n) is 4.36. The number of nitrogens with zero attached hydrogens (tertiary/aromatic N) is 1. The van der Waals surface area contributed by atoms with Gasteiger partial charge in [0.05, 0.1) is 31.0 Å². The summed E-state index contributed by atoms with van der Waals surface area (Å²) in [6, 6.07) is 10.0. The average molecular weight is 550 g/mol. The third kappa shape index (κ3) is 9.28. The van der Waals surface area contributed by atoms with Crippen LogP contribution in [0.3, 0.4) is 0 Å². The molecule has 10 nitrogen and oxygen atoms in total. The molecule has 2 aromatic carbocycles. The number of nitrogens with one attached hydrogen (secondary N) is 2. The molecule has 11 heteroatoms. The standard InChI is InChI=1S/C24H28BrN3O7/c1-4-33-20-13-16(12-19(25)23(20)35-15-22(30)34-5-2)14-27-28-21(29)10-11-26-24(31)17-6-8-18(32-3)9-7-17/h6-9,12-14H,4-5,10-11,15H2,1-3H3,(H,26,31)(H,28,29). The Kier molecular flexibility index (Phi) is 11.5. The summed E-state index contributed by atoms with van der Waals surface area (Å²) >= 11 is 3.40. The highest BCUT2D eigenvalue weighted by Gasteiger charge is 2.14. The van der Waals surface area contributed by atoms with E-state index in [9.17, 15) is 14.4 Å². The predicted octanol–water partition coefficient (Wildman–Crippen LogP) is 3.07. The van der Waals surface area contributed by atoms with Crippen LogP contribution in [0.4, 0.5) is 0 Å². The van der Waals surface area contributed by atoms with Gasteiger partial charge in [0.15, 0.2) is 18.1 Å². The molecule has 188 valence electrons. The smallest absolute Gasteiger partial charge is 0.344 e. The number of hydrogen-bond donors (Lipinski definition) is 2. The lowest BCUT2D eigenvalue weighted by atomic mass is 10.2. The minimum absolute atomic E-state index is 0.0494. The lowest BCUT2D eigenvalue weighted by Crippen LogP contribution is -2.29. The molecule has 0 saturated carbocycles. The molecule has 0 bridgehead atoms. The van der Waals surface area contributed by atoms with Crippen LogP contribution in [0.1, 0.15) is 36.2 Å². The van der Waals surface area contributed by atoms with Crippen molar-refractivity contribution in [2.24, 2.45) is 5.10 Å². The second kappa shape index (κ2) is 14.6. The van der Waals surface area contributed by atoms with E-state index in [4.69, 9.17) is 18.9 Å². The van der Waals surface area contributed by atoms with E-state index >= 15 is 0 Å². The maximum Gasteiger partial charge on any atom is 0.344 e. The molecular weight excluding hydrogens is 522 g/mol.